The molecule has 0 radical (unpaired) electrons. The highest BCUT2D eigenvalue weighted by molar-refractivity contribution is 7.48. The highest BCUT2D eigenvalue weighted by atomic mass is 31.2. The molecule has 3 aliphatic rings. The zero-order valence-corrected chi connectivity index (χ0v) is 19.4. The maximum atomic E-state index is 13.0. The molecule has 184 valence electrons. The number of aromatic amines is 1. The molecule has 1 saturated carbocycles. The summed E-state index contributed by atoms with van der Waals surface area (Å²) in [5, 5.41) is 0. The van der Waals surface area contributed by atoms with Gasteiger partial charge in [0.15, 0.2) is 6.23 Å². The van der Waals surface area contributed by atoms with Gasteiger partial charge in [-0.1, -0.05) is 0 Å². The molecule has 2 aliphatic heterocycles. The van der Waals surface area contributed by atoms with Crippen LogP contribution in [-0.4, -0.2) is 52.6 Å². The van der Waals surface area contributed by atoms with E-state index in [9.17, 15) is 18.9 Å². The molecule has 2 saturated heterocycles. The highest BCUT2D eigenvalue weighted by Gasteiger charge is 2.59. The Bertz CT molecular complexity index is 1020. The van der Waals surface area contributed by atoms with Crippen LogP contribution in [0, 0.1) is 0 Å². The number of carbonyl (C=O) groups is 1. The summed E-state index contributed by atoms with van der Waals surface area (Å²) in [6.07, 6.45) is 4.09. The van der Waals surface area contributed by atoms with Gasteiger partial charge < -0.3 is 15.2 Å². The summed E-state index contributed by atoms with van der Waals surface area (Å²) in [7, 11) is -3.91. The van der Waals surface area contributed by atoms with Crippen molar-refractivity contribution in [1.29, 1.82) is 0 Å². The number of nitrogens with zero attached hydrogens (tertiary/aromatic N) is 1. The van der Waals surface area contributed by atoms with E-state index in [1.807, 2.05) is 0 Å². The van der Waals surface area contributed by atoms with Crippen LogP contribution in [0.25, 0.3) is 0 Å². The summed E-state index contributed by atoms with van der Waals surface area (Å²) in [6, 6.07) is 1.18. The van der Waals surface area contributed by atoms with Crippen LogP contribution in [0.15, 0.2) is 21.9 Å². The number of rotatable bonds is 8. The van der Waals surface area contributed by atoms with E-state index in [1.165, 1.54) is 12.3 Å². The molecule has 1 aromatic heterocycles. The van der Waals surface area contributed by atoms with Gasteiger partial charge in [0.25, 0.3) is 5.56 Å². The molecule has 13 heteroatoms. The minimum Gasteiger partial charge on any atom is -0.462 e. The third-order valence-electron chi connectivity index (χ3n) is 6.15. The standard InChI is InChI=1S/C20H30N3O9P/c1-20(21)17-14(31-18(20)23-10-9-15(24)22-19(23)26)12-29-33(27,32-17)28-11-5-4-8-16(25)30-13-6-2-3-7-13/h9-10,13-14,17-18H,2-8,11-12,21H2,1H3,(H,22,24,26)/t14-,17-,18-,20-,33+/m1/s1. The lowest BCUT2D eigenvalue weighted by atomic mass is 9.93. The van der Waals surface area contributed by atoms with Crippen LogP contribution in [0.1, 0.15) is 58.1 Å². The quantitative estimate of drug-likeness (QED) is 0.311. The number of nitrogens with one attached hydrogen (secondary N) is 1. The van der Waals surface area contributed by atoms with Gasteiger partial charge >= 0.3 is 19.5 Å². The Morgan fingerprint density at radius 3 is 2.82 bits per heavy atom. The van der Waals surface area contributed by atoms with Gasteiger partial charge in [-0.05, 0) is 45.4 Å². The van der Waals surface area contributed by atoms with Crippen molar-refractivity contribution in [3.63, 3.8) is 0 Å². The van der Waals surface area contributed by atoms with Crippen LogP contribution < -0.4 is 17.0 Å². The van der Waals surface area contributed by atoms with Crippen molar-refractivity contribution in [2.24, 2.45) is 5.73 Å². The lowest BCUT2D eigenvalue weighted by Crippen LogP contribution is -2.55. The lowest BCUT2D eigenvalue weighted by Gasteiger charge is -2.35. The molecule has 4 rings (SSSR count). The molecule has 3 fully saturated rings. The number of carbonyl (C=O) groups excluding carboxylic acids is 1. The van der Waals surface area contributed by atoms with Crippen LogP contribution in [0.3, 0.4) is 0 Å². The smallest absolute Gasteiger partial charge is 0.462 e. The SMILES string of the molecule is C[C@@]1(N)[C@@H]2O[P@@](=O)(OCCCCC(=O)OC3CCCC3)OC[C@H]2O[C@H]1n1ccc(=O)[nH]c1=O. The van der Waals surface area contributed by atoms with Gasteiger partial charge in [-0.25, -0.2) is 9.36 Å². The minimum absolute atomic E-state index is 0.0385. The van der Waals surface area contributed by atoms with E-state index in [-0.39, 0.29) is 31.7 Å². The van der Waals surface area contributed by atoms with Gasteiger partial charge in [-0.15, -0.1) is 0 Å². The molecule has 1 aromatic rings. The van der Waals surface area contributed by atoms with E-state index in [2.05, 4.69) is 4.98 Å². The predicted octanol–water partition coefficient (Wildman–Crippen LogP) is 1.35. The molecule has 0 bridgehead atoms. The van der Waals surface area contributed by atoms with E-state index in [1.54, 1.807) is 6.92 Å². The third kappa shape index (κ3) is 5.47. The highest BCUT2D eigenvalue weighted by Crippen LogP contribution is 2.58. The fourth-order valence-corrected chi connectivity index (χ4v) is 5.93. The number of unbranched alkanes of at least 4 members (excludes halogenated alkanes) is 1. The summed E-state index contributed by atoms with van der Waals surface area (Å²) in [5.41, 5.74) is 3.93. The summed E-state index contributed by atoms with van der Waals surface area (Å²) >= 11 is 0. The lowest BCUT2D eigenvalue weighted by molar-refractivity contribution is -0.148. The first-order valence-corrected chi connectivity index (χ1v) is 12.7. The van der Waals surface area contributed by atoms with Crippen molar-refractivity contribution < 1.29 is 32.4 Å². The predicted molar refractivity (Wildman–Crippen MR) is 114 cm³/mol. The van der Waals surface area contributed by atoms with Crippen LogP contribution in [0.5, 0.6) is 0 Å². The average molecular weight is 487 g/mol. The van der Waals surface area contributed by atoms with E-state index < -0.39 is 43.0 Å². The van der Waals surface area contributed by atoms with Crippen molar-refractivity contribution >= 4 is 13.8 Å². The second kappa shape index (κ2) is 9.81. The zero-order chi connectivity index (χ0) is 23.6. The molecule has 12 nitrogen and oxygen atoms in total. The summed E-state index contributed by atoms with van der Waals surface area (Å²) in [5.74, 6) is -0.230. The van der Waals surface area contributed by atoms with Crippen LogP contribution >= 0.6 is 7.82 Å². The van der Waals surface area contributed by atoms with Gasteiger partial charge in [-0.3, -0.25) is 32.7 Å². The van der Waals surface area contributed by atoms with Gasteiger partial charge in [0.1, 0.15) is 18.3 Å². The number of fused-ring (bicyclic) bond motifs is 1. The Kier molecular flexibility index (Phi) is 7.23. The maximum Gasteiger partial charge on any atom is 0.475 e. The van der Waals surface area contributed by atoms with E-state index in [0.717, 1.165) is 30.3 Å². The molecule has 33 heavy (non-hydrogen) atoms. The van der Waals surface area contributed by atoms with Crippen molar-refractivity contribution in [3.05, 3.63) is 33.1 Å². The zero-order valence-electron chi connectivity index (χ0n) is 18.5. The molecule has 0 aromatic carbocycles. The topological polar surface area (TPSA) is 161 Å². The fraction of sp³-hybridized carbons (Fsp3) is 0.750. The Hall–Kier alpha value is -1.82. The fourth-order valence-electron chi connectivity index (χ4n) is 4.41. The number of phosphoric ester groups is 1. The number of hydrogen-bond acceptors (Lipinski definition) is 10. The monoisotopic (exact) mass is 487 g/mol. The van der Waals surface area contributed by atoms with Gasteiger partial charge in [0.2, 0.25) is 0 Å². The molecular formula is C20H30N3O9P. The Labute approximate surface area is 190 Å². The Morgan fingerprint density at radius 2 is 2.09 bits per heavy atom. The van der Waals surface area contributed by atoms with Crippen molar-refractivity contribution in [1.82, 2.24) is 9.55 Å². The van der Waals surface area contributed by atoms with E-state index in [0.29, 0.717) is 12.8 Å². The summed E-state index contributed by atoms with van der Waals surface area (Å²) in [4.78, 5) is 37.6. The van der Waals surface area contributed by atoms with Crippen molar-refractivity contribution in [2.75, 3.05) is 13.2 Å². The average Bonchev–Trinajstić information content (AvgIpc) is 3.34. The van der Waals surface area contributed by atoms with Gasteiger partial charge in [0, 0.05) is 18.7 Å². The van der Waals surface area contributed by atoms with Crippen molar-refractivity contribution in [3.8, 4) is 0 Å². The number of ether oxygens (including phenoxy) is 2. The molecule has 1 aliphatic carbocycles. The van der Waals surface area contributed by atoms with Gasteiger partial charge in [-0.2, -0.15) is 0 Å². The number of hydrogen-bond donors (Lipinski definition) is 2. The normalized spacial score (nSPS) is 34.3. The molecule has 0 unspecified atom stereocenters. The molecule has 3 N–H and O–H groups in total. The Morgan fingerprint density at radius 1 is 1.33 bits per heavy atom. The van der Waals surface area contributed by atoms with E-state index in [4.69, 9.17) is 28.8 Å². The molecule has 3 heterocycles. The van der Waals surface area contributed by atoms with Crippen LogP contribution in [0.4, 0.5) is 0 Å². The molecule has 0 spiro atoms. The first-order valence-electron chi connectivity index (χ1n) is 11.2. The van der Waals surface area contributed by atoms with Crippen molar-refractivity contribution in [2.45, 2.75) is 81.9 Å². The third-order valence-corrected chi connectivity index (χ3v) is 7.60. The first-order chi connectivity index (χ1) is 15.7. The molecular weight excluding hydrogens is 457 g/mol. The van der Waals surface area contributed by atoms with Crippen LogP contribution in [0.2, 0.25) is 0 Å². The molecule has 0 amide bonds. The maximum absolute atomic E-state index is 13.0. The van der Waals surface area contributed by atoms with Gasteiger partial charge in [0.05, 0.1) is 18.8 Å². The number of esters is 1. The second-order valence-corrected chi connectivity index (χ2v) is 10.5. The largest absolute Gasteiger partial charge is 0.475 e. The molecule has 5 atom stereocenters. The minimum atomic E-state index is -3.91. The number of nitrogens with two attached hydrogens (primary N) is 1. The number of phosphoric acid groups is 1. The van der Waals surface area contributed by atoms with E-state index >= 15 is 0 Å². The first kappa shape index (κ1) is 24.3. The summed E-state index contributed by atoms with van der Waals surface area (Å²) < 4.78 is 41.7. The number of aromatic nitrogens is 2. The Balaban J connectivity index is 1.28. The van der Waals surface area contributed by atoms with Crippen LogP contribution in [-0.2, 0) is 32.4 Å². The number of H-pyrrole nitrogens is 1. The second-order valence-electron chi connectivity index (χ2n) is 8.87. The summed E-state index contributed by atoms with van der Waals surface area (Å²) in [6.45, 7) is 1.57.